The van der Waals surface area contributed by atoms with Gasteiger partial charge in [0.2, 0.25) is 0 Å². The minimum atomic E-state index is -3.60. The largest absolute Gasteiger partial charge is 0.383 e. The number of nitrogens with one attached hydrogen (secondary N) is 2. The number of benzene rings is 1. The van der Waals surface area contributed by atoms with Crippen LogP contribution in [-0.4, -0.2) is 31.5 Å². The third-order valence-corrected chi connectivity index (χ3v) is 5.00. The minimum Gasteiger partial charge on any atom is -0.383 e. The predicted molar refractivity (Wildman–Crippen MR) is 77.4 cm³/mol. The zero-order valence-corrected chi connectivity index (χ0v) is 11.9. The number of anilines is 2. The van der Waals surface area contributed by atoms with E-state index in [2.05, 4.69) is 15.3 Å². The van der Waals surface area contributed by atoms with Gasteiger partial charge in [-0.25, -0.2) is 4.98 Å². The van der Waals surface area contributed by atoms with Crippen molar-refractivity contribution in [3.8, 4) is 0 Å². The molecule has 0 unspecified atom stereocenters. The summed E-state index contributed by atoms with van der Waals surface area (Å²) in [6.07, 6.45) is 2.12. The SMILES string of the molecule is Cc1ncc(S(=O)(=O)N2CCCNc3ccccc32)[nH]1. The van der Waals surface area contributed by atoms with Crippen LogP contribution < -0.4 is 9.62 Å². The Morgan fingerprint density at radius 3 is 2.85 bits per heavy atom. The number of aryl methyl sites for hydroxylation is 1. The summed E-state index contributed by atoms with van der Waals surface area (Å²) in [5, 5.41) is 3.38. The summed E-state index contributed by atoms with van der Waals surface area (Å²) in [5.74, 6) is 0.588. The van der Waals surface area contributed by atoms with Crippen LogP contribution in [0.2, 0.25) is 0 Å². The average molecular weight is 292 g/mol. The van der Waals surface area contributed by atoms with Gasteiger partial charge < -0.3 is 10.3 Å². The Balaban J connectivity index is 2.09. The van der Waals surface area contributed by atoms with Gasteiger partial charge in [-0.05, 0) is 25.5 Å². The second-order valence-corrected chi connectivity index (χ2v) is 6.54. The van der Waals surface area contributed by atoms with Crippen molar-refractivity contribution in [2.24, 2.45) is 0 Å². The molecule has 6 nitrogen and oxygen atoms in total. The van der Waals surface area contributed by atoms with E-state index < -0.39 is 10.0 Å². The Morgan fingerprint density at radius 2 is 2.10 bits per heavy atom. The van der Waals surface area contributed by atoms with Crippen LogP contribution in [0.4, 0.5) is 11.4 Å². The molecule has 0 atom stereocenters. The van der Waals surface area contributed by atoms with Crippen molar-refractivity contribution in [2.45, 2.75) is 18.4 Å². The lowest BCUT2D eigenvalue weighted by Gasteiger charge is -2.23. The molecule has 0 saturated carbocycles. The van der Waals surface area contributed by atoms with E-state index in [0.29, 0.717) is 18.1 Å². The number of fused-ring (bicyclic) bond motifs is 1. The number of aromatic nitrogens is 2. The molecule has 0 amide bonds. The quantitative estimate of drug-likeness (QED) is 0.883. The monoisotopic (exact) mass is 292 g/mol. The third kappa shape index (κ3) is 2.14. The van der Waals surface area contributed by atoms with Crippen molar-refractivity contribution in [1.82, 2.24) is 9.97 Å². The van der Waals surface area contributed by atoms with Crippen LogP contribution in [0.1, 0.15) is 12.2 Å². The first-order chi connectivity index (χ1) is 9.59. The van der Waals surface area contributed by atoms with E-state index in [4.69, 9.17) is 0 Å². The van der Waals surface area contributed by atoms with Gasteiger partial charge in [0, 0.05) is 13.1 Å². The van der Waals surface area contributed by atoms with Gasteiger partial charge in [0.05, 0.1) is 17.6 Å². The summed E-state index contributed by atoms with van der Waals surface area (Å²) in [6.45, 7) is 2.94. The second-order valence-electron chi connectivity index (χ2n) is 4.71. The van der Waals surface area contributed by atoms with Crippen molar-refractivity contribution in [1.29, 1.82) is 0 Å². The molecule has 1 aliphatic rings. The van der Waals surface area contributed by atoms with E-state index >= 15 is 0 Å². The van der Waals surface area contributed by atoms with Gasteiger partial charge in [-0.15, -0.1) is 0 Å². The van der Waals surface area contributed by atoms with E-state index in [0.717, 1.165) is 18.7 Å². The van der Waals surface area contributed by atoms with Crippen molar-refractivity contribution in [2.75, 3.05) is 22.7 Å². The van der Waals surface area contributed by atoms with Crippen LogP contribution in [0.5, 0.6) is 0 Å². The molecule has 2 N–H and O–H groups in total. The van der Waals surface area contributed by atoms with Crippen molar-refractivity contribution >= 4 is 21.4 Å². The highest BCUT2D eigenvalue weighted by atomic mass is 32.2. The molecular formula is C13H16N4O2S. The van der Waals surface area contributed by atoms with Gasteiger partial charge in [-0.1, -0.05) is 12.1 Å². The smallest absolute Gasteiger partial charge is 0.281 e. The third-order valence-electron chi connectivity index (χ3n) is 3.27. The van der Waals surface area contributed by atoms with Gasteiger partial charge in [0.15, 0.2) is 5.03 Å². The normalized spacial score (nSPS) is 15.3. The fourth-order valence-corrected chi connectivity index (χ4v) is 3.79. The van der Waals surface area contributed by atoms with Gasteiger partial charge in [0.1, 0.15) is 5.82 Å². The second kappa shape index (κ2) is 4.82. The average Bonchev–Trinajstić information content (AvgIpc) is 2.75. The molecule has 3 rings (SSSR count). The first-order valence-corrected chi connectivity index (χ1v) is 7.90. The summed E-state index contributed by atoms with van der Waals surface area (Å²) in [5.41, 5.74) is 1.52. The Bertz CT molecular complexity index is 723. The first-order valence-electron chi connectivity index (χ1n) is 6.46. The Hall–Kier alpha value is -2.02. The van der Waals surface area contributed by atoms with Gasteiger partial charge >= 0.3 is 0 Å². The molecule has 1 aliphatic heterocycles. The summed E-state index contributed by atoms with van der Waals surface area (Å²) in [6, 6.07) is 7.44. The summed E-state index contributed by atoms with van der Waals surface area (Å²) >= 11 is 0. The van der Waals surface area contributed by atoms with Crippen molar-refractivity contribution in [3.05, 3.63) is 36.3 Å². The Morgan fingerprint density at radius 1 is 1.30 bits per heavy atom. The molecule has 0 radical (unpaired) electrons. The molecule has 0 saturated heterocycles. The highest BCUT2D eigenvalue weighted by Crippen LogP contribution is 2.32. The molecule has 2 heterocycles. The number of H-pyrrole nitrogens is 1. The lowest BCUT2D eigenvalue weighted by Crippen LogP contribution is -2.31. The summed E-state index contributed by atoms with van der Waals surface area (Å²) in [4.78, 5) is 6.78. The van der Waals surface area contributed by atoms with Crippen LogP contribution in [-0.2, 0) is 10.0 Å². The zero-order valence-electron chi connectivity index (χ0n) is 11.1. The Labute approximate surface area is 117 Å². The Kier molecular flexibility index (Phi) is 3.13. The summed E-state index contributed by atoms with van der Waals surface area (Å²) in [7, 11) is -3.60. The highest BCUT2D eigenvalue weighted by Gasteiger charge is 2.29. The molecule has 7 heteroatoms. The highest BCUT2D eigenvalue weighted by molar-refractivity contribution is 7.92. The molecular weight excluding hydrogens is 276 g/mol. The number of hydrogen-bond acceptors (Lipinski definition) is 4. The van der Waals surface area contributed by atoms with Crippen LogP contribution in [0.3, 0.4) is 0 Å². The van der Waals surface area contributed by atoms with Crippen LogP contribution in [0.15, 0.2) is 35.5 Å². The number of aromatic amines is 1. The van der Waals surface area contributed by atoms with E-state index in [1.165, 1.54) is 10.5 Å². The predicted octanol–water partition coefficient (Wildman–Crippen LogP) is 1.73. The number of rotatable bonds is 2. The molecule has 1 aromatic heterocycles. The van der Waals surface area contributed by atoms with E-state index in [1.807, 2.05) is 24.3 Å². The topological polar surface area (TPSA) is 78.1 Å². The lowest BCUT2D eigenvalue weighted by molar-refractivity contribution is 0.587. The van der Waals surface area contributed by atoms with Crippen molar-refractivity contribution in [3.63, 3.8) is 0 Å². The molecule has 106 valence electrons. The molecule has 1 aromatic carbocycles. The zero-order chi connectivity index (χ0) is 14.2. The molecule has 2 aromatic rings. The van der Waals surface area contributed by atoms with Gasteiger partial charge in [0.25, 0.3) is 10.0 Å². The van der Waals surface area contributed by atoms with E-state index in [1.54, 1.807) is 6.92 Å². The fourth-order valence-electron chi connectivity index (χ4n) is 2.30. The minimum absolute atomic E-state index is 0.131. The number of nitrogens with zero attached hydrogens (tertiary/aromatic N) is 2. The van der Waals surface area contributed by atoms with Crippen LogP contribution >= 0.6 is 0 Å². The maximum Gasteiger partial charge on any atom is 0.281 e. The molecule has 0 spiro atoms. The number of imidazole rings is 1. The van der Waals surface area contributed by atoms with Crippen molar-refractivity contribution < 1.29 is 8.42 Å². The standard InChI is InChI=1S/C13H16N4O2S/c1-10-15-9-13(16-10)20(18,19)17-8-4-7-14-11-5-2-3-6-12(11)17/h2-3,5-6,9,14H,4,7-8H2,1H3,(H,15,16). The maximum atomic E-state index is 12.7. The maximum absolute atomic E-state index is 12.7. The molecule has 0 bridgehead atoms. The van der Waals surface area contributed by atoms with Crippen LogP contribution in [0.25, 0.3) is 0 Å². The molecule has 0 aliphatic carbocycles. The fraction of sp³-hybridized carbons (Fsp3) is 0.308. The van der Waals surface area contributed by atoms with Crippen LogP contribution in [0, 0.1) is 6.92 Å². The first kappa shape index (κ1) is 13.0. The van der Waals surface area contributed by atoms with Gasteiger partial charge in [-0.3, -0.25) is 4.31 Å². The molecule has 0 fully saturated rings. The van der Waals surface area contributed by atoms with Gasteiger partial charge in [-0.2, -0.15) is 8.42 Å². The van der Waals surface area contributed by atoms with E-state index in [9.17, 15) is 8.42 Å². The number of sulfonamides is 1. The molecule has 20 heavy (non-hydrogen) atoms. The van der Waals surface area contributed by atoms with E-state index in [-0.39, 0.29) is 5.03 Å². The lowest BCUT2D eigenvalue weighted by atomic mass is 10.2. The number of hydrogen-bond donors (Lipinski definition) is 2. The summed E-state index contributed by atoms with van der Waals surface area (Å²) < 4.78 is 26.9. The number of para-hydroxylation sites is 2.